The van der Waals surface area contributed by atoms with E-state index in [0.29, 0.717) is 49.4 Å². The Balaban J connectivity index is 1.49. The number of hydrogen-bond acceptors (Lipinski definition) is 10. The van der Waals surface area contributed by atoms with Crippen molar-refractivity contribution in [3.63, 3.8) is 0 Å². The largest absolute Gasteiger partial charge is 0.493 e. The second-order valence-electron chi connectivity index (χ2n) is 12.5. The van der Waals surface area contributed by atoms with Crippen LogP contribution in [0.5, 0.6) is 5.75 Å². The number of rotatable bonds is 11. The predicted octanol–water partition coefficient (Wildman–Crippen LogP) is 5.98. The van der Waals surface area contributed by atoms with Crippen LogP contribution in [-0.4, -0.2) is 66.4 Å². The van der Waals surface area contributed by atoms with E-state index in [-0.39, 0.29) is 35.7 Å². The Morgan fingerprint density at radius 3 is 2.44 bits per heavy atom. The number of aliphatic hydroxyl groups excluding tert-OH is 1. The SMILES string of the molecule is COC(=O)c1nc(C(=O)NCCCCO)ccc1-c1cc2c(cc1C(=O)Nc1ccc(CNC(=O)OC(C)(C)C)cc1)-c1sccc1CCO2. The Morgan fingerprint density at radius 2 is 1.72 bits per heavy atom. The van der Waals surface area contributed by atoms with Crippen LogP contribution in [0.15, 0.2) is 60.0 Å². The molecule has 1 aliphatic heterocycles. The second kappa shape index (κ2) is 16.0. The van der Waals surface area contributed by atoms with Gasteiger partial charge in [0.05, 0.1) is 13.7 Å². The lowest BCUT2D eigenvalue weighted by Gasteiger charge is -2.19. The summed E-state index contributed by atoms with van der Waals surface area (Å²) in [6.07, 6.45) is 1.27. The van der Waals surface area contributed by atoms with Gasteiger partial charge in [0.1, 0.15) is 17.0 Å². The van der Waals surface area contributed by atoms with Crippen molar-refractivity contribution in [1.29, 1.82) is 0 Å². The number of alkyl carbamates (subject to hydrolysis) is 1. The van der Waals surface area contributed by atoms with Gasteiger partial charge in [0.2, 0.25) is 0 Å². The zero-order valence-electron chi connectivity index (χ0n) is 28.4. The zero-order chi connectivity index (χ0) is 35.8. The van der Waals surface area contributed by atoms with Crippen LogP contribution in [0.25, 0.3) is 21.6 Å². The number of fused-ring (bicyclic) bond motifs is 3. The third kappa shape index (κ3) is 8.84. The number of nitrogens with zero attached hydrogens (tertiary/aromatic N) is 1. The predicted molar refractivity (Wildman–Crippen MR) is 190 cm³/mol. The molecule has 1 aliphatic rings. The lowest BCUT2D eigenvalue weighted by Crippen LogP contribution is -2.32. The minimum atomic E-state index is -0.784. The van der Waals surface area contributed by atoms with Crippen LogP contribution >= 0.6 is 11.3 Å². The number of nitrogens with one attached hydrogen (secondary N) is 3. The normalized spacial score (nSPS) is 12.0. The maximum absolute atomic E-state index is 14.1. The third-order valence-corrected chi connectivity index (χ3v) is 8.69. The molecule has 5 rings (SSSR count). The second-order valence-corrected chi connectivity index (χ2v) is 13.5. The standard InChI is InChI=1S/C37H40N4O8S/c1-37(2,3)49-36(46)39-21-22-7-9-24(10-8-22)40-33(43)27-19-28-30(48-17-13-23-14-18-50-32(23)28)20-26(27)25-11-12-29(41-31(25)35(45)47-4)34(44)38-15-5-6-16-42/h7-12,14,18-20,42H,5-6,13,15-17,21H2,1-4H3,(H,38,44)(H,39,46)(H,40,43). The van der Waals surface area contributed by atoms with Crippen LogP contribution in [0.4, 0.5) is 10.5 Å². The van der Waals surface area contributed by atoms with Gasteiger partial charge in [-0.2, -0.15) is 0 Å². The number of pyridine rings is 1. The Labute approximate surface area is 294 Å². The van der Waals surface area contributed by atoms with Gasteiger partial charge in [-0.25, -0.2) is 14.6 Å². The molecule has 13 heteroatoms. The molecule has 4 aromatic rings. The lowest BCUT2D eigenvalue weighted by molar-refractivity contribution is 0.0522. The molecule has 4 N–H and O–H groups in total. The summed E-state index contributed by atoms with van der Waals surface area (Å²) in [5.41, 5.74) is 3.29. The molecule has 0 saturated heterocycles. The van der Waals surface area contributed by atoms with Crippen molar-refractivity contribution in [3.05, 3.63) is 88.1 Å². The van der Waals surface area contributed by atoms with Gasteiger partial charge in [-0.15, -0.1) is 11.3 Å². The van der Waals surface area contributed by atoms with Crippen LogP contribution in [0.3, 0.4) is 0 Å². The summed E-state index contributed by atoms with van der Waals surface area (Å²) in [6.45, 7) is 6.37. The third-order valence-electron chi connectivity index (χ3n) is 7.70. The number of aromatic nitrogens is 1. The number of carbonyl (C=O) groups excluding carboxylic acids is 4. The van der Waals surface area contributed by atoms with Crippen molar-refractivity contribution in [2.24, 2.45) is 0 Å². The zero-order valence-corrected chi connectivity index (χ0v) is 29.2. The molecule has 0 atom stereocenters. The van der Waals surface area contributed by atoms with E-state index in [9.17, 15) is 19.2 Å². The summed E-state index contributed by atoms with van der Waals surface area (Å²) in [6, 6.07) is 15.6. The molecule has 2 aromatic carbocycles. The number of methoxy groups -OCH3 is 1. The van der Waals surface area contributed by atoms with Crippen molar-refractivity contribution >= 4 is 40.9 Å². The highest BCUT2D eigenvalue weighted by Crippen LogP contribution is 2.43. The van der Waals surface area contributed by atoms with Gasteiger partial charge in [0, 0.05) is 58.9 Å². The minimum Gasteiger partial charge on any atom is -0.493 e. The average Bonchev–Trinajstić information content (AvgIpc) is 3.49. The number of carbonyl (C=O) groups is 4. The van der Waals surface area contributed by atoms with Gasteiger partial charge in [0.25, 0.3) is 11.8 Å². The molecule has 0 fully saturated rings. The number of esters is 1. The van der Waals surface area contributed by atoms with Crippen LogP contribution in [0, 0.1) is 0 Å². The molecule has 0 aliphatic carbocycles. The van der Waals surface area contributed by atoms with E-state index in [1.807, 2.05) is 11.4 Å². The highest BCUT2D eigenvalue weighted by atomic mass is 32.1. The van der Waals surface area contributed by atoms with Crippen molar-refractivity contribution in [2.45, 2.75) is 52.2 Å². The van der Waals surface area contributed by atoms with E-state index in [4.69, 9.17) is 19.3 Å². The Hall–Kier alpha value is -5.27. The molecule has 0 saturated carbocycles. The first-order valence-electron chi connectivity index (χ1n) is 16.2. The molecule has 0 bridgehead atoms. The summed E-state index contributed by atoms with van der Waals surface area (Å²) < 4.78 is 16.5. The number of hydrogen-bond donors (Lipinski definition) is 4. The molecular weight excluding hydrogens is 660 g/mol. The van der Waals surface area contributed by atoms with Gasteiger partial charge in [-0.3, -0.25) is 9.59 Å². The van der Waals surface area contributed by atoms with E-state index in [1.165, 1.54) is 13.2 Å². The molecule has 0 unspecified atom stereocenters. The molecule has 3 heterocycles. The van der Waals surface area contributed by atoms with Gasteiger partial charge in [-0.1, -0.05) is 12.1 Å². The van der Waals surface area contributed by atoms with E-state index < -0.39 is 29.5 Å². The lowest BCUT2D eigenvalue weighted by atomic mass is 9.93. The van der Waals surface area contributed by atoms with Gasteiger partial charge in [0.15, 0.2) is 5.69 Å². The molecule has 0 spiro atoms. The average molecular weight is 701 g/mol. The molecule has 262 valence electrons. The van der Waals surface area contributed by atoms with Crippen molar-refractivity contribution in [2.75, 3.05) is 32.2 Å². The Morgan fingerprint density at radius 1 is 0.940 bits per heavy atom. The summed E-state index contributed by atoms with van der Waals surface area (Å²) in [5, 5.41) is 19.4. The molecule has 50 heavy (non-hydrogen) atoms. The van der Waals surface area contributed by atoms with Crippen molar-refractivity contribution in [1.82, 2.24) is 15.6 Å². The smallest absolute Gasteiger partial charge is 0.407 e. The first kappa shape index (κ1) is 36.0. The van der Waals surface area contributed by atoms with Gasteiger partial charge >= 0.3 is 12.1 Å². The van der Waals surface area contributed by atoms with E-state index >= 15 is 0 Å². The molecule has 0 radical (unpaired) electrons. The summed E-state index contributed by atoms with van der Waals surface area (Å²) in [7, 11) is 1.22. The molecular formula is C37H40N4O8S. The molecule has 2 aromatic heterocycles. The quantitative estimate of drug-likeness (QED) is 0.109. The number of anilines is 1. The van der Waals surface area contributed by atoms with E-state index in [2.05, 4.69) is 20.9 Å². The molecule has 12 nitrogen and oxygen atoms in total. The van der Waals surface area contributed by atoms with Gasteiger partial charge < -0.3 is 35.3 Å². The van der Waals surface area contributed by atoms with Gasteiger partial charge in [-0.05, 0) is 92.6 Å². The molecule has 3 amide bonds. The topological polar surface area (TPSA) is 165 Å². The minimum absolute atomic E-state index is 0.000337. The summed E-state index contributed by atoms with van der Waals surface area (Å²) in [5.74, 6) is -1.18. The van der Waals surface area contributed by atoms with Crippen LogP contribution in [-0.2, 0) is 22.4 Å². The van der Waals surface area contributed by atoms with E-state index in [0.717, 1.165) is 21.6 Å². The fraction of sp³-hybridized carbons (Fsp3) is 0.324. The number of aliphatic hydroxyl groups is 1. The first-order chi connectivity index (χ1) is 24.0. The number of ether oxygens (including phenoxy) is 3. The Bertz CT molecular complexity index is 1880. The fourth-order valence-electron chi connectivity index (χ4n) is 5.30. The van der Waals surface area contributed by atoms with Crippen LogP contribution < -0.4 is 20.7 Å². The van der Waals surface area contributed by atoms with E-state index in [1.54, 1.807) is 74.6 Å². The maximum atomic E-state index is 14.1. The summed E-state index contributed by atoms with van der Waals surface area (Å²) in [4.78, 5) is 57.5. The fourth-order valence-corrected chi connectivity index (χ4v) is 6.28. The Kier molecular flexibility index (Phi) is 11.5. The van der Waals surface area contributed by atoms with Crippen LogP contribution in [0.2, 0.25) is 0 Å². The van der Waals surface area contributed by atoms with Crippen molar-refractivity contribution in [3.8, 4) is 27.3 Å². The first-order valence-corrected chi connectivity index (χ1v) is 17.1. The number of amides is 3. The summed E-state index contributed by atoms with van der Waals surface area (Å²) >= 11 is 1.55. The van der Waals surface area contributed by atoms with Crippen molar-refractivity contribution < 1.29 is 38.5 Å². The number of unbranched alkanes of at least 4 members (excludes halogenated alkanes) is 1. The monoisotopic (exact) mass is 700 g/mol. The van der Waals surface area contributed by atoms with Crippen LogP contribution in [0.1, 0.15) is 76.1 Å². The number of benzene rings is 2. The highest BCUT2D eigenvalue weighted by molar-refractivity contribution is 7.13. The number of thiophene rings is 1. The highest BCUT2D eigenvalue weighted by Gasteiger charge is 2.27. The maximum Gasteiger partial charge on any atom is 0.407 e.